The molecule has 9 nitrogen and oxygen atoms in total. The lowest BCUT2D eigenvalue weighted by molar-refractivity contribution is -0.154. The van der Waals surface area contributed by atoms with Crippen molar-refractivity contribution in [3.05, 3.63) is 25.3 Å². The van der Waals surface area contributed by atoms with Crippen LogP contribution in [0.25, 0.3) is 0 Å². The van der Waals surface area contributed by atoms with E-state index in [1.807, 2.05) is 0 Å². The summed E-state index contributed by atoms with van der Waals surface area (Å²) in [6, 6.07) is -1.30. The number of nitrogens with zero attached hydrogens (tertiary/aromatic N) is 3. The summed E-state index contributed by atoms with van der Waals surface area (Å²) in [4.78, 5) is 47.2. The summed E-state index contributed by atoms with van der Waals surface area (Å²) < 4.78 is 10.3. The van der Waals surface area contributed by atoms with Crippen molar-refractivity contribution >= 4 is 29.5 Å². The molecule has 4 saturated heterocycles. The summed E-state index contributed by atoms with van der Waals surface area (Å²) >= 11 is 1.62. The number of carbonyl (C=O) groups is 3. The van der Waals surface area contributed by atoms with Gasteiger partial charge in [0.25, 0.3) is 0 Å². The zero-order chi connectivity index (χ0) is 26.7. The van der Waals surface area contributed by atoms with Gasteiger partial charge in [-0.15, -0.1) is 24.9 Å². The Bertz CT molecular complexity index is 895. The quantitative estimate of drug-likeness (QED) is 0.226. The maximum absolute atomic E-state index is 14.4. The highest BCUT2D eigenvalue weighted by Crippen LogP contribution is 2.69. The van der Waals surface area contributed by atoms with Crippen molar-refractivity contribution in [2.45, 2.75) is 48.8 Å². The summed E-state index contributed by atoms with van der Waals surface area (Å²) in [6.07, 6.45) is 4.70. The molecule has 7 atom stereocenters. The first-order valence-corrected chi connectivity index (χ1v) is 14.3. The first-order valence-electron chi connectivity index (χ1n) is 13.4. The van der Waals surface area contributed by atoms with Crippen molar-refractivity contribution in [3.8, 4) is 0 Å². The first-order chi connectivity index (χ1) is 17.8. The lowest BCUT2D eigenvalue weighted by Crippen LogP contribution is -2.59. The summed E-state index contributed by atoms with van der Waals surface area (Å²) in [5.41, 5.74) is 0. The molecule has 4 aliphatic heterocycles. The van der Waals surface area contributed by atoms with Crippen LogP contribution in [-0.4, -0.2) is 119 Å². The second kappa shape index (κ2) is 11.9. The van der Waals surface area contributed by atoms with Crippen LogP contribution in [-0.2, 0) is 23.9 Å². The Morgan fingerprint density at radius 2 is 2.05 bits per heavy atom. The van der Waals surface area contributed by atoms with E-state index in [4.69, 9.17) is 9.47 Å². The van der Waals surface area contributed by atoms with Crippen molar-refractivity contribution in [1.82, 2.24) is 14.7 Å². The molecule has 0 aromatic heterocycles. The minimum Gasteiger partial charge on any atom is -0.465 e. The van der Waals surface area contributed by atoms with Crippen LogP contribution in [0.4, 0.5) is 0 Å². The van der Waals surface area contributed by atoms with Gasteiger partial charge in [0.2, 0.25) is 11.8 Å². The lowest BCUT2D eigenvalue weighted by Gasteiger charge is -2.41. The Morgan fingerprint density at radius 1 is 1.32 bits per heavy atom. The van der Waals surface area contributed by atoms with Gasteiger partial charge in [-0.2, -0.15) is 0 Å². The van der Waals surface area contributed by atoms with Crippen LogP contribution in [0.5, 0.6) is 0 Å². The Balaban J connectivity index is 1.65. The molecule has 4 fully saturated rings. The highest BCUT2D eigenvalue weighted by molar-refractivity contribution is 8.02. The standard InChI is InChI=1S/C27H41N3O6S/c1-5-7-13-36-26(34)21-20-16-18(3)27(37-20)22(21)24(32)30(19(4)17-31)23(27)25(33)29(8-6-2)10-9-28-11-14-35-15-12-28/h5-6,18-23,31H,1-2,7-17H2,3-4H3/t18?,19-,20-,21+,22+,23?,27?/m1/s1. The summed E-state index contributed by atoms with van der Waals surface area (Å²) in [7, 11) is 0. The first kappa shape index (κ1) is 28.1. The third-order valence-electron chi connectivity index (χ3n) is 8.45. The summed E-state index contributed by atoms with van der Waals surface area (Å²) in [6.45, 7) is 15.9. The van der Waals surface area contributed by atoms with Gasteiger partial charge in [0, 0.05) is 38.0 Å². The fourth-order valence-electron chi connectivity index (χ4n) is 6.62. The van der Waals surface area contributed by atoms with Crippen LogP contribution in [0, 0.1) is 17.8 Å². The summed E-state index contributed by atoms with van der Waals surface area (Å²) in [5.74, 6) is -1.90. The molecule has 1 N–H and O–H groups in total. The molecule has 37 heavy (non-hydrogen) atoms. The Labute approximate surface area is 224 Å². The van der Waals surface area contributed by atoms with E-state index < -0.39 is 28.7 Å². The maximum Gasteiger partial charge on any atom is 0.310 e. The molecule has 0 saturated carbocycles. The van der Waals surface area contributed by atoms with Crippen molar-refractivity contribution in [1.29, 1.82) is 0 Å². The highest BCUT2D eigenvalue weighted by Gasteiger charge is 2.77. The van der Waals surface area contributed by atoms with E-state index >= 15 is 0 Å². The molecule has 0 aromatic carbocycles. The predicted molar refractivity (Wildman–Crippen MR) is 142 cm³/mol. The van der Waals surface area contributed by atoms with Gasteiger partial charge in [0.15, 0.2) is 0 Å². The fourth-order valence-corrected chi connectivity index (χ4v) is 9.01. The average Bonchev–Trinajstić information content (AvgIpc) is 3.50. The second-order valence-corrected chi connectivity index (χ2v) is 12.1. The van der Waals surface area contributed by atoms with Crippen LogP contribution in [0.3, 0.4) is 0 Å². The number of aliphatic hydroxyl groups excluding tert-OH is 1. The molecule has 2 amide bonds. The topological polar surface area (TPSA) is 99.6 Å². The molecule has 10 heteroatoms. The monoisotopic (exact) mass is 535 g/mol. The fraction of sp³-hybridized carbons (Fsp3) is 0.741. The molecule has 1 spiro atoms. The molecule has 4 heterocycles. The van der Waals surface area contributed by atoms with Crippen LogP contribution in [0.15, 0.2) is 25.3 Å². The van der Waals surface area contributed by atoms with Crippen LogP contribution < -0.4 is 0 Å². The molecule has 4 aliphatic rings. The van der Waals surface area contributed by atoms with Crippen LogP contribution in [0.1, 0.15) is 26.7 Å². The van der Waals surface area contributed by atoms with Gasteiger partial charge in [-0.25, -0.2) is 0 Å². The minimum absolute atomic E-state index is 0.0587. The molecule has 2 bridgehead atoms. The number of morpholine rings is 1. The van der Waals surface area contributed by atoms with E-state index in [1.54, 1.807) is 40.6 Å². The van der Waals surface area contributed by atoms with Gasteiger partial charge in [-0.3, -0.25) is 19.3 Å². The third kappa shape index (κ3) is 4.97. The normalized spacial score (nSPS) is 33.8. The number of aliphatic hydroxyl groups is 1. The number of hydrogen-bond donors (Lipinski definition) is 1. The van der Waals surface area contributed by atoms with Crippen LogP contribution >= 0.6 is 11.8 Å². The van der Waals surface area contributed by atoms with Crippen molar-refractivity contribution in [2.24, 2.45) is 17.8 Å². The molecule has 4 rings (SSSR count). The molecule has 0 aromatic rings. The molecule has 0 radical (unpaired) electrons. The number of ether oxygens (including phenoxy) is 2. The zero-order valence-corrected chi connectivity index (χ0v) is 22.9. The van der Waals surface area contributed by atoms with Gasteiger partial charge < -0.3 is 24.4 Å². The van der Waals surface area contributed by atoms with E-state index in [0.29, 0.717) is 39.3 Å². The van der Waals surface area contributed by atoms with E-state index in [2.05, 4.69) is 25.0 Å². The molecular formula is C27H41N3O6S. The number of likely N-dealkylation sites (tertiary alicyclic amines) is 1. The molecular weight excluding hydrogens is 494 g/mol. The number of esters is 1. The average molecular weight is 536 g/mol. The van der Waals surface area contributed by atoms with Gasteiger partial charge in [0.1, 0.15) is 6.04 Å². The van der Waals surface area contributed by atoms with Gasteiger partial charge >= 0.3 is 5.97 Å². The Hall–Kier alpha value is -1.88. The van der Waals surface area contributed by atoms with E-state index in [-0.39, 0.29) is 42.2 Å². The van der Waals surface area contributed by atoms with Gasteiger partial charge in [-0.05, 0) is 25.7 Å². The number of hydrogen-bond acceptors (Lipinski definition) is 8. The second-order valence-electron chi connectivity index (χ2n) is 10.6. The van der Waals surface area contributed by atoms with E-state index in [9.17, 15) is 19.5 Å². The Kier molecular flexibility index (Phi) is 9.04. The van der Waals surface area contributed by atoms with Crippen LogP contribution in [0.2, 0.25) is 0 Å². The maximum atomic E-state index is 14.4. The number of rotatable bonds is 12. The smallest absolute Gasteiger partial charge is 0.310 e. The predicted octanol–water partition coefficient (Wildman–Crippen LogP) is 1.17. The SMILES string of the molecule is C=CCCOC(=O)[C@@H]1[C@H]2C(=O)N([C@H](C)CO)C(C(=O)N(CC=C)CCN3CCOCC3)C23S[C@@H]1CC3C. The van der Waals surface area contributed by atoms with Crippen molar-refractivity contribution in [3.63, 3.8) is 0 Å². The highest BCUT2D eigenvalue weighted by atomic mass is 32.2. The molecule has 3 unspecified atom stereocenters. The third-order valence-corrected chi connectivity index (χ3v) is 10.5. The van der Waals surface area contributed by atoms with E-state index in [0.717, 1.165) is 19.5 Å². The number of thioether (sulfide) groups is 1. The molecule has 206 valence electrons. The number of amides is 2. The number of carbonyl (C=O) groups excluding carboxylic acids is 3. The largest absolute Gasteiger partial charge is 0.465 e. The van der Waals surface area contributed by atoms with E-state index in [1.165, 1.54) is 0 Å². The van der Waals surface area contributed by atoms with Gasteiger partial charge in [0.05, 0.1) is 49.1 Å². The van der Waals surface area contributed by atoms with Crippen molar-refractivity contribution in [2.75, 3.05) is 59.2 Å². The summed E-state index contributed by atoms with van der Waals surface area (Å²) in [5, 5.41) is 10.0. The van der Waals surface area contributed by atoms with Gasteiger partial charge in [-0.1, -0.05) is 19.1 Å². The lowest BCUT2D eigenvalue weighted by atomic mass is 9.66. The number of fused-ring (bicyclic) bond motifs is 1. The zero-order valence-electron chi connectivity index (χ0n) is 22.0. The van der Waals surface area contributed by atoms with Crippen molar-refractivity contribution < 1.29 is 29.0 Å². The minimum atomic E-state index is -0.757. The Morgan fingerprint density at radius 3 is 2.70 bits per heavy atom. The molecule has 0 aliphatic carbocycles.